The third kappa shape index (κ3) is 5.02. The van der Waals surface area contributed by atoms with Gasteiger partial charge in [0.05, 0.1) is 6.61 Å². The summed E-state index contributed by atoms with van der Waals surface area (Å²) >= 11 is 5.45. The zero-order valence-electron chi connectivity index (χ0n) is 10.3. The molecule has 0 spiro atoms. The topological polar surface area (TPSA) is 38.3 Å². The fourth-order valence-electron chi connectivity index (χ4n) is 1.42. The van der Waals surface area contributed by atoms with Crippen molar-refractivity contribution >= 4 is 17.5 Å². The smallest absolute Gasteiger partial charge is 0.251 e. The average molecular weight is 274 g/mol. The van der Waals surface area contributed by atoms with E-state index < -0.39 is 0 Å². The van der Waals surface area contributed by atoms with E-state index >= 15 is 0 Å². The minimum atomic E-state index is -0.305. The standard InChI is InChI=1S/C13H17ClFNO2/c1-10-9-11(3-4-12(10)15)13(17)16-6-2-7-18-8-5-14/h3-4,9H,2,5-8H2,1H3,(H,16,17). The zero-order valence-corrected chi connectivity index (χ0v) is 11.1. The number of hydrogen-bond donors (Lipinski definition) is 1. The van der Waals surface area contributed by atoms with E-state index in [9.17, 15) is 9.18 Å². The first-order chi connectivity index (χ1) is 8.65. The number of carbonyl (C=O) groups is 1. The van der Waals surface area contributed by atoms with Crippen LogP contribution in [-0.2, 0) is 4.74 Å². The van der Waals surface area contributed by atoms with Gasteiger partial charge in [-0.15, -0.1) is 11.6 Å². The van der Waals surface area contributed by atoms with E-state index in [4.69, 9.17) is 16.3 Å². The van der Waals surface area contributed by atoms with E-state index in [1.54, 1.807) is 6.92 Å². The molecule has 1 N–H and O–H groups in total. The number of carbonyl (C=O) groups excluding carboxylic acids is 1. The van der Waals surface area contributed by atoms with Crippen molar-refractivity contribution in [2.24, 2.45) is 0 Å². The molecule has 0 saturated heterocycles. The largest absolute Gasteiger partial charge is 0.380 e. The number of rotatable bonds is 7. The van der Waals surface area contributed by atoms with Crippen LogP contribution in [0.1, 0.15) is 22.3 Å². The van der Waals surface area contributed by atoms with Gasteiger partial charge in [-0.2, -0.15) is 0 Å². The quantitative estimate of drug-likeness (QED) is 0.612. The summed E-state index contributed by atoms with van der Waals surface area (Å²) in [6.45, 7) is 3.24. The van der Waals surface area contributed by atoms with Crippen molar-refractivity contribution in [3.05, 3.63) is 35.1 Å². The van der Waals surface area contributed by atoms with Crippen LogP contribution in [0.2, 0.25) is 0 Å². The van der Waals surface area contributed by atoms with Crippen molar-refractivity contribution in [1.82, 2.24) is 5.32 Å². The molecule has 1 aromatic carbocycles. The average Bonchev–Trinajstić information content (AvgIpc) is 2.36. The molecule has 0 aliphatic carbocycles. The first-order valence-corrected chi connectivity index (χ1v) is 6.36. The maximum absolute atomic E-state index is 13.0. The molecule has 1 aromatic rings. The first kappa shape index (κ1) is 14.9. The van der Waals surface area contributed by atoms with Crippen LogP contribution in [-0.4, -0.2) is 31.5 Å². The number of benzene rings is 1. The van der Waals surface area contributed by atoms with Crippen LogP contribution in [0.25, 0.3) is 0 Å². The number of hydrogen-bond acceptors (Lipinski definition) is 2. The van der Waals surface area contributed by atoms with Crippen molar-refractivity contribution < 1.29 is 13.9 Å². The molecule has 0 aromatic heterocycles. The molecule has 0 radical (unpaired) electrons. The van der Waals surface area contributed by atoms with E-state index in [-0.39, 0.29) is 11.7 Å². The van der Waals surface area contributed by atoms with Gasteiger partial charge in [0.1, 0.15) is 5.82 Å². The number of nitrogens with one attached hydrogen (secondary N) is 1. The summed E-state index contributed by atoms with van der Waals surface area (Å²) in [6, 6.07) is 4.31. The highest BCUT2D eigenvalue weighted by molar-refractivity contribution is 6.17. The molecule has 0 aliphatic rings. The van der Waals surface area contributed by atoms with Gasteiger partial charge in [-0.3, -0.25) is 4.79 Å². The summed E-state index contributed by atoms with van der Waals surface area (Å²) in [5, 5.41) is 2.75. The van der Waals surface area contributed by atoms with Gasteiger partial charge in [0.25, 0.3) is 5.91 Å². The maximum Gasteiger partial charge on any atom is 0.251 e. The highest BCUT2D eigenvalue weighted by Crippen LogP contribution is 2.08. The van der Waals surface area contributed by atoms with Gasteiger partial charge in [0, 0.05) is 24.6 Å². The summed E-state index contributed by atoms with van der Waals surface area (Å²) in [7, 11) is 0. The fourth-order valence-corrected chi connectivity index (χ4v) is 1.53. The lowest BCUT2D eigenvalue weighted by Crippen LogP contribution is -2.25. The first-order valence-electron chi connectivity index (χ1n) is 5.83. The summed E-state index contributed by atoms with van der Waals surface area (Å²) < 4.78 is 18.2. The Hall–Kier alpha value is -1.13. The van der Waals surface area contributed by atoms with Crippen LogP contribution >= 0.6 is 11.6 Å². The Morgan fingerprint density at radius 2 is 2.22 bits per heavy atom. The number of ether oxygens (including phenoxy) is 1. The van der Waals surface area contributed by atoms with Crippen LogP contribution in [0, 0.1) is 12.7 Å². The van der Waals surface area contributed by atoms with Crippen LogP contribution in [0.15, 0.2) is 18.2 Å². The molecule has 5 heteroatoms. The van der Waals surface area contributed by atoms with Crippen molar-refractivity contribution in [2.45, 2.75) is 13.3 Å². The second-order valence-electron chi connectivity index (χ2n) is 3.87. The molecule has 0 atom stereocenters. The molecular formula is C13H17ClFNO2. The normalized spacial score (nSPS) is 10.4. The molecule has 0 fully saturated rings. The Morgan fingerprint density at radius 3 is 2.89 bits per heavy atom. The zero-order chi connectivity index (χ0) is 13.4. The predicted molar refractivity (Wildman–Crippen MR) is 69.6 cm³/mol. The lowest BCUT2D eigenvalue weighted by Gasteiger charge is -2.06. The Bertz CT molecular complexity index is 399. The minimum absolute atomic E-state index is 0.199. The molecule has 1 rings (SSSR count). The Labute approximate surface area is 111 Å². The fraction of sp³-hybridized carbons (Fsp3) is 0.462. The van der Waals surface area contributed by atoms with Gasteiger partial charge in [-0.1, -0.05) is 0 Å². The number of amides is 1. The van der Waals surface area contributed by atoms with Gasteiger partial charge in [0.2, 0.25) is 0 Å². The lowest BCUT2D eigenvalue weighted by molar-refractivity contribution is 0.0944. The van der Waals surface area contributed by atoms with Crippen molar-refractivity contribution in [2.75, 3.05) is 25.6 Å². The summed E-state index contributed by atoms with van der Waals surface area (Å²) in [4.78, 5) is 11.7. The Kier molecular flexibility index (Phi) is 6.68. The molecule has 0 unspecified atom stereocenters. The van der Waals surface area contributed by atoms with E-state index in [0.29, 0.717) is 36.8 Å². The summed E-state index contributed by atoms with van der Waals surface area (Å²) in [5.74, 6) is -0.0298. The van der Waals surface area contributed by atoms with Gasteiger partial charge in [-0.25, -0.2) is 4.39 Å². The third-order valence-corrected chi connectivity index (χ3v) is 2.55. The molecule has 100 valence electrons. The molecular weight excluding hydrogens is 257 g/mol. The van der Waals surface area contributed by atoms with Gasteiger partial charge in [-0.05, 0) is 37.1 Å². The Balaban J connectivity index is 2.30. The van der Waals surface area contributed by atoms with Crippen molar-refractivity contribution in [3.8, 4) is 0 Å². The molecule has 0 aliphatic heterocycles. The SMILES string of the molecule is Cc1cc(C(=O)NCCCOCCCl)ccc1F. The molecule has 18 heavy (non-hydrogen) atoms. The highest BCUT2D eigenvalue weighted by Gasteiger charge is 2.06. The minimum Gasteiger partial charge on any atom is -0.380 e. The monoisotopic (exact) mass is 273 g/mol. The molecule has 1 amide bonds. The molecule has 0 heterocycles. The van der Waals surface area contributed by atoms with Crippen LogP contribution in [0.5, 0.6) is 0 Å². The van der Waals surface area contributed by atoms with Crippen LogP contribution < -0.4 is 5.32 Å². The van der Waals surface area contributed by atoms with Crippen LogP contribution in [0.3, 0.4) is 0 Å². The van der Waals surface area contributed by atoms with Crippen molar-refractivity contribution in [3.63, 3.8) is 0 Å². The number of aryl methyl sites for hydroxylation is 1. The Morgan fingerprint density at radius 1 is 1.44 bits per heavy atom. The summed E-state index contributed by atoms with van der Waals surface area (Å²) in [5.41, 5.74) is 0.934. The molecule has 0 bridgehead atoms. The predicted octanol–water partition coefficient (Wildman–Crippen LogP) is 2.51. The van der Waals surface area contributed by atoms with E-state index in [0.717, 1.165) is 6.42 Å². The third-order valence-electron chi connectivity index (χ3n) is 2.39. The maximum atomic E-state index is 13.0. The lowest BCUT2D eigenvalue weighted by atomic mass is 10.1. The molecule has 3 nitrogen and oxygen atoms in total. The van der Waals surface area contributed by atoms with E-state index in [1.165, 1.54) is 18.2 Å². The van der Waals surface area contributed by atoms with E-state index in [1.807, 2.05) is 0 Å². The van der Waals surface area contributed by atoms with Gasteiger partial charge >= 0.3 is 0 Å². The highest BCUT2D eigenvalue weighted by atomic mass is 35.5. The second-order valence-corrected chi connectivity index (χ2v) is 4.25. The van der Waals surface area contributed by atoms with E-state index in [2.05, 4.69) is 5.32 Å². The number of alkyl halides is 1. The number of halogens is 2. The van der Waals surface area contributed by atoms with Crippen molar-refractivity contribution in [1.29, 1.82) is 0 Å². The van der Waals surface area contributed by atoms with Gasteiger partial charge < -0.3 is 10.1 Å². The van der Waals surface area contributed by atoms with Crippen LogP contribution in [0.4, 0.5) is 4.39 Å². The van der Waals surface area contributed by atoms with Gasteiger partial charge in [0.15, 0.2) is 0 Å². The summed E-state index contributed by atoms with van der Waals surface area (Å²) in [6.07, 6.45) is 0.725. The second kappa shape index (κ2) is 8.06. The molecule has 0 saturated carbocycles.